The van der Waals surface area contributed by atoms with Gasteiger partial charge in [0.15, 0.2) is 0 Å². The lowest BCUT2D eigenvalue weighted by molar-refractivity contribution is 0.592. The van der Waals surface area contributed by atoms with Gasteiger partial charge >= 0.3 is 0 Å². The number of halogens is 3. The van der Waals surface area contributed by atoms with Gasteiger partial charge in [0, 0.05) is 6.07 Å². The Hall–Kier alpha value is -1.94. The summed E-state index contributed by atoms with van der Waals surface area (Å²) in [6.45, 7) is 1.93. The fourth-order valence-electron chi connectivity index (χ4n) is 2.25. The van der Waals surface area contributed by atoms with Crippen molar-refractivity contribution in [1.82, 2.24) is 9.55 Å². The van der Waals surface area contributed by atoms with Crippen LogP contribution in [0.2, 0.25) is 0 Å². The average molecular weight is 293 g/mol. The zero-order valence-electron chi connectivity index (χ0n) is 10.7. The quantitative estimate of drug-likeness (QED) is 0.642. The maximum absolute atomic E-state index is 14.0. The average Bonchev–Trinajstić information content (AvgIpc) is 2.79. The largest absolute Gasteiger partial charge is 0.292 e. The van der Waals surface area contributed by atoms with E-state index in [0.29, 0.717) is 16.9 Å². The zero-order chi connectivity index (χ0) is 14.3. The van der Waals surface area contributed by atoms with E-state index >= 15 is 0 Å². The first-order valence-corrected chi connectivity index (χ1v) is 6.63. The molecule has 2 aromatic carbocycles. The molecule has 5 heteroatoms. The number of imidazole rings is 1. The Kier molecular flexibility index (Phi) is 3.18. The number of benzene rings is 2. The molecule has 0 bridgehead atoms. The Morgan fingerprint density at radius 3 is 2.70 bits per heavy atom. The summed E-state index contributed by atoms with van der Waals surface area (Å²) in [5, 5.41) is 0. The molecular formula is C15H11ClF2N2. The Morgan fingerprint density at radius 2 is 1.95 bits per heavy atom. The Morgan fingerprint density at radius 1 is 1.15 bits per heavy atom. The summed E-state index contributed by atoms with van der Waals surface area (Å²) in [7, 11) is 0. The van der Waals surface area contributed by atoms with Crippen molar-refractivity contribution in [3.63, 3.8) is 0 Å². The van der Waals surface area contributed by atoms with Crippen molar-refractivity contribution in [1.29, 1.82) is 0 Å². The van der Waals surface area contributed by atoms with E-state index in [4.69, 9.17) is 11.6 Å². The van der Waals surface area contributed by atoms with E-state index in [1.807, 2.05) is 25.1 Å². The predicted octanol–water partition coefficient (Wildman–Crippen LogP) is 4.35. The van der Waals surface area contributed by atoms with Gasteiger partial charge in [0.05, 0.1) is 22.6 Å². The zero-order valence-corrected chi connectivity index (χ0v) is 11.5. The van der Waals surface area contributed by atoms with E-state index in [0.717, 1.165) is 23.8 Å². The van der Waals surface area contributed by atoms with Gasteiger partial charge in [-0.05, 0) is 36.8 Å². The predicted molar refractivity (Wildman–Crippen MR) is 75.3 cm³/mol. The van der Waals surface area contributed by atoms with E-state index in [2.05, 4.69) is 4.98 Å². The Balaban J connectivity index is 2.39. The van der Waals surface area contributed by atoms with Crippen molar-refractivity contribution in [3.8, 4) is 5.69 Å². The van der Waals surface area contributed by atoms with Gasteiger partial charge < -0.3 is 0 Å². The summed E-state index contributed by atoms with van der Waals surface area (Å²) in [4.78, 5) is 4.36. The number of rotatable bonds is 2. The van der Waals surface area contributed by atoms with Crippen LogP contribution in [0, 0.1) is 18.6 Å². The highest BCUT2D eigenvalue weighted by Gasteiger charge is 2.15. The van der Waals surface area contributed by atoms with Crippen LogP contribution in [0.4, 0.5) is 8.78 Å². The van der Waals surface area contributed by atoms with E-state index in [9.17, 15) is 8.78 Å². The number of nitrogens with zero attached hydrogens (tertiary/aromatic N) is 2. The molecule has 102 valence electrons. The molecule has 0 spiro atoms. The van der Waals surface area contributed by atoms with Crippen molar-refractivity contribution < 1.29 is 8.78 Å². The van der Waals surface area contributed by atoms with Gasteiger partial charge in [-0.1, -0.05) is 6.07 Å². The standard InChI is InChI=1S/C15H11ClF2N2/c1-9-2-5-12-14(6-9)20(15(8-16)19-12)13-7-10(17)3-4-11(13)18/h2-7H,8H2,1H3. The van der Waals surface area contributed by atoms with Gasteiger partial charge in [-0.25, -0.2) is 13.8 Å². The maximum atomic E-state index is 14.0. The number of aromatic nitrogens is 2. The van der Waals surface area contributed by atoms with Crippen LogP contribution in [0.3, 0.4) is 0 Å². The van der Waals surface area contributed by atoms with E-state index in [1.165, 1.54) is 0 Å². The highest BCUT2D eigenvalue weighted by Crippen LogP contribution is 2.25. The van der Waals surface area contributed by atoms with Crippen LogP contribution >= 0.6 is 11.6 Å². The molecule has 3 aromatic rings. The highest BCUT2D eigenvalue weighted by molar-refractivity contribution is 6.17. The first-order valence-electron chi connectivity index (χ1n) is 6.09. The van der Waals surface area contributed by atoms with Crippen molar-refractivity contribution in [2.75, 3.05) is 0 Å². The van der Waals surface area contributed by atoms with Crippen LogP contribution in [-0.2, 0) is 5.88 Å². The lowest BCUT2D eigenvalue weighted by Crippen LogP contribution is -2.02. The summed E-state index contributed by atoms with van der Waals surface area (Å²) in [6.07, 6.45) is 0. The Labute approximate surface area is 119 Å². The van der Waals surface area contributed by atoms with E-state index < -0.39 is 11.6 Å². The molecule has 0 aliphatic heterocycles. The molecule has 0 fully saturated rings. The number of fused-ring (bicyclic) bond motifs is 1. The molecule has 3 rings (SSSR count). The molecule has 0 amide bonds. The van der Waals surface area contributed by atoms with Crippen LogP contribution in [0.15, 0.2) is 36.4 Å². The number of aryl methyl sites for hydroxylation is 1. The van der Waals surface area contributed by atoms with E-state index in [-0.39, 0.29) is 11.6 Å². The lowest BCUT2D eigenvalue weighted by atomic mass is 10.2. The Bertz CT molecular complexity index is 796. The highest BCUT2D eigenvalue weighted by atomic mass is 35.5. The third-order valence-electron chi connectivity index (χ3n) is 3.15. The van der Waals surface area contributed by atoms with Crippen molar-refractivity contribution in [2.45, 2.75) is 12.8 Å². The summed E-state index contributed by atoms with van der Waals surface area (Å²) >= 11 is 5.89. The van der Waals surface area contributed by atoms with Crippen LogP contribution in [0.1, 0.15) is 11.4 Å². The van der Waals surface area contributed by atoms with Gasteiger partial charge in [0.1, 0.15) is 17.5 Å². The third-order valence-corrected chi connectivity index (χ3v) is 3.39. The summed E-state index contributed by atoms with van der Waals surface area (Å²) < 4.78 is 29.0. The smallest absolute Gasteiger partial charge is 0.147 e. The van der Waals surface area contributed by atoms with E-state index in [1.54, 1.807) is 4.57 Å². The maximum Gasteiger partial charge on any atom is 0.147 e. The van der Waals surface area contributed by atoms with Gasteiger partial charge in [0.25, 0.3) is 0 Å². The number of alkyl halides is 1. The minimum Gasteiger partial charge on any atom is -0.292 e. The first-order chi connectivity index (χ1) is 9.60. The second-order valence-corrected chi connectivity index (χ2v) is 4.85. The SMILES string of the molecule is Cc1ccc2nc(CCl)n(-c3cc(F)ccc3F)c2c1. The molecule has 0 atom stereocenters. The summed E-state index contributed by atoms with van der Waals surface area (Å²) in [5.74, 6) is -0.421. The summed E-state index contributed by atoms with van der Waals surface area (Å²) in [6, 6.07) is 8.97. The molecule has 0 saturated heterocycles. The van der Waals surface area contributed by atoms with Crippen LogP contribution in [-0.4, -0.2) is 9.55 Å². The third kappa shape index (κ3) is 2.06. The van der Waals surface area contributed by atoms with Crippen molar-refractivity contribution in [2.24, 2.45) is 0 Å². The van der Waals surface area contributed by atoms with Crippen molar-refractivity contribution >= 4 is 22.6 Å². The van der Waals surface area contributed by atoms with Gasteiger partial charge in [-0.2, -0.15) is 0 Å². The van der Waals surface area contributed by atoms with Gasteiger partial charge in [-0.15, -0.1) is 11.6 Å². The fourth-order valence-corrected chi connectivity index (χ4v) is 2.43. The second-order valence-electron chi connectivity index (χ2n) is 4.58. The van der Waals surface area contributed by atoms with Gasteiger partial charge in [-0.3, -0.25) is 4.57 Å². The van der Waals surface area contributed by atoms with Crippen molar-refractivity contribution in [3.05, 3.63) is 59.4 Å². The number of hydrogen-bond donors (Lipinski definition) is 0. The topological polar surface area (TPSA) is 17.8 Å². The summed E-state index contributed by atoms with van der Waals surface area (Å²) in [5.41, 5.74) is 2.55. The molecule has 0 aliphatic carbocycles. The molecule has 0 radical (unpaired) electrons. The fraction of sp³-hybridized carbons (Fsp3) is 0.133. The minimum absolute atomic E-state index is 0.115. The van der Waals surface area contributed by atoms with Gasteiger partial charge in [0.2, 0.25) is 0 Å². The minimum atomic E-state index is -0.515. The molecule has 1 aromatic heterocycles. The molecule has 2 nitrogen and oxygen atoms in total. The van der Waals surface area contributed by atoms with Crippen LogP contribution in [0.25, 0.3) is 16.7 Å². The molecule has 0 N–H and O–H groups in total. The molecule has 20 heavy (non-hydrogen) atoms. The number of hydrogen-bond acceptors (Lipinski definition) is 1. The first kappa shape index (κ1) is 13.1. The normalized spacial score (nSPS) is 11.2. The van der Waals surface area contributed by atoms with Crippen LogP contribution in [0.5, 0.6) is 0 Å². The van der Waals surface area contributed by atoms with Crippen LogP contribution < -0.4 is 0 Å². The molecular weight excluding hydrogens is 282 g/mol. The molecule has 0 aliphatic rings. The second kappa shape index (κ2) is 4.87. The molecule has 0 unspecified atom stereocenters. The molecule has 1 heterocycles. The lowest BCUT2D eigenvalue weighted by Gasteiger charge is -2.09. The monoisotopic (exact) mass is 292 g/mol. The molecule has 0 saturated carbocycles.